The minimum atomic E-state index is -0.0557. The number of nitrogens with one attached hydrogen (secondary N) is 1. The smallest absolute Gasteiger partial charge is 0.257 e. The van der Waals surface area contributed by atoms with Gasteiger partial charge < -0.3 is 15.0 Å². The van der Waals surface area contributed by atoms with Gasteiger partial charge in [0.2, 0.25) is 5.91 Å². The van der Waals surface area contributed by atoms with E-state index >= 15 is 0 Å². The van der Waals surface area contributed by atoms with Gasteiger partial charge in [0.15, 0.2) is 0 Å². The van der Waals surface area contributed by atoms with Crippen molar-refractivity contribution in [3.05, 3.63) is 101 Å². The van der Waals surface area contributed by atoms with E-state index in [0.717, 1.165) is 11.1 Å². The van der Waals surface area contributed by atoms with Crippen LogP contribution in [-0.2, 0) is 17.9 Å². The van der Waals surface area contributed by atoms with Crippen LogP contribution < -0.4 is 10.1 Å². The van der Waals surface area contributed by atoms with Gasteiger partial charge in [-0.2, -0.15) is 0 Å². The summed E-state index contributed by atoms with van der Waals surface area (Å²) >= 11 is 5.94. The Hall–Kier alpha value is -3.35. The number of rotatable bonds is 8. The molecule has 0 saturated carbocycles. The lowest BCUT2D eigenvalue weighted by Gasteiger charge is -2.34. The lowest BCUT2D eigenvalue weighted by atomic mass is 10.1. The number of piperazine rings is 1. The van der Waals surface area contributed by atoms with E-state index < -0.39 is 0 Å². The number of hydrogen-bond donors (Lipinski definition) is 1. The number of amides is 2. The van der Waals surface area contributed by atoms with E-state index in [1.165, 1.54) is 0 Å². The molecule has 2 amide bonds. The maximum atomic E-state index is 13.2. The average molecular weight is 478 g/mol. The van der Waals surface area contributed by atoms with Gasteiger partial charge in [0, 0.05) is 37.7 Å². The molecule has 6 nitrogen and oxygen atoms in total. The van der Waals surface area contributed by atoms with Crippen molar-refractivity contribution < 1.29 is 14.3 Å². The van der Waals surface area contributed by atoms with Crippen molar-refractivity contribution in [3.8, 4) is 5.75 Å². The molecule has 3 aromatic carbocycles. The molecule has 7 heteroatoms. The summed E-state index contributed by atoms with van der Waals surface area (Å²) in [7, 11) is 0. The molecule has 4 rings (SSSR count). The fraction of sp³-hybridized carbons (Fsp3) is 0.259. The molecule has 0 atom stereocenters. The number of para-hydroxylation sites is 1. The highest BCUT2D eigenvalue weighted by atomic mass is 35.5. The molecule has 0 bridgehead atoms. The van der Waals surface area contributed by atoms with Crippen LogP contribution in [0, 0.1) is 0 Å². The monoisotopic (exact) mass is 477 g/mol. The quantitative estimate of drug-likeness (QED) is 0.533. The van der Waals surface area contributed by atoms with Gasteiger partial charge in [-0.05, 0) is 35.4 Å². The molecular weight excluding hydrogens is 450 g/mol. The highest BCUT2D eigenvalue weighted by Gasteiger charge is 2.25. The predicted octanol–water partition coefficient (Wildman–Crippen LogP) is 3.99. The number of halogens is 1. The number of hydrogen-bond acceptors (Lipinski definition) is 4. The summed E-state index contributed by atoms with van der Waals surface area (Å²) in [6, 6.07) is 24.6. The third kappa shape index (κ3) is 6.59. The van der Waals surface area contributed by atoms with Gasteiger partial charge in [0.1, 0.15) is 12.4 Å². The maximum absolute atomic E-state index is 13.2. The summed E-state index contributed by atoms with van der Waals surface area (Å²) in [5.74, 6) is 0.495. The molecule has 176 valence electrons. The first-order valence-electron chi connectivity index (χ1n) is 11.4. The molecule has 1 fully saturated rings. The van der Waals surface area contributed by atoms with Crippen LogP contribution in [0.4, 0.5) is 0 Å². The van der Waals surface area contributed by atoms with Crippen LogP contribution in [0.1, 0.15) is 21.5 Å². The second kappa shape index (κ2) is 11.7. The minimum Gasteiger partial charge on any atom is -0.488 e. The molecule has 1 aliphatic heterocycles. The van der Waals surface area contributed by atoms with Crippen LogP contribution in [0.3, 0.4) is 0 Å². The van der Waals surface area contributed by atoms with E-state index in [1.54, 1.807) is 6.07 Å². The van der Waals surface area contributed by atoms with Crippen molar-refractivity contribution in [3.63, 3.8) is 0 Å². The molecule has 0 unspecified atom stereocenters. The Morgan fingerprint density at radius 3 is 2.24 bits per heavy atom. The second-order valence-electron chi connectivity index (χ2n) is 8.24. The summed E-state index contributed by atoms with van der Waals surface area (Å²) < 4.78 is 5.96. The van der Waals surface area contributed by atoms with Crippen LogP contribution in [0.2, 0.25) is 5.02 Å². The van der Waals surface area contributed by atoms with Gasteiger partial charge in [-0.1, -0.05) is 66.2 Å². The summed E-state index contributed by atoms with van der Waals surface area (Å²) in [5, 5.41) is 3.63. The number of carbonyl (C=O) groups excluding carboxylic acids is 2. The van der Waals surface area contributed by atoms with Crippen LogP contribution in [-0.4, -0.2) is 54.3 Å². The lowest BCUT2D eigenvalue weighted by Crippen LogP contribution is -2.51. The van der Waals surface area contributed by atoms with Crippen LogP contribution in [0.15, 0.2) is 78.9 Å². The predicted molar refractivity (Wildman–Crippen MR) is 133 cm³/mol. The number of carbonyl (C=O) groups is 2. The van der Waals surface area contributed by atoms with Gasteiger partial charge in [0.05, 0.1) is 12.1 Å². The number of nitrogens with zero attached hydrogens (tertiary/aromatic N) is 2. The first-order valence-corrected chi connectivity index (χ1v) is 11.7. The van der Waals surface area contributed by atoms with E-state index in [4.69, 9.17) is 16.3 Å². The molecule has 0 spiro atoms. The molecular formula is C27H28ClN3O3. The molecule has 0 aliphatic carbocycles. The zero-order valence-corrected chi connectivity index (χ0v) is 19.7. The Bertz CT molecular complexity index is 1100. The number of benzene rings is 3. The van der Waals surface area contributed by atoms with Crippen molar-refractivity contribution in [2.75, 3.05) is 32.7 Å². The third-order valence-electron chi connectivity index (χ3n) is 5.78. The maximum Gasteiger partial charge on any atom is 0.257 e. The van der Waals surface area contributed by atoms with E-state index in [1.807, 2.05) is 77.7 Å². The second-order valence-corrected chi connectivity index (χ2v) is 8.68. The van der Waals surface area contributed by atoms with Crippen molar-refractivity contribution in [2.24, 2.45) is 0 Å². The fourth-order valence-corrected chi connectivity index (χ4v) is 3.97. The van der Waals surface area contributed by atoms with Crippen LogP contribution in [0.5, 0.6) is 5.75 Å². The average Bonchev–Trinajstić information content (AvgIpc) is 2.88. The summed E-state index contributed by atoms with van der Waals surface area (Å²) in [4.78, 5) is 29.4. The Labute approximate surface area is 205 Å². The Kier molecular flexibility index (Phi) is 8.17. The first-order chi connectivity index (χ1) is 16.6. The van der Waals surface area contributed by atoms with Crippen molar-refractivity contribution in [2.45, 2.75) is 13.2 Å². The molecule has 1 aliphatic rings. The summed E-state index contributed by atoms with van der Waals surface area (Å²) in [6.45, 7) is 3.64. The summed E-state index contributed by atoms with van der Waals surface area (Å²) in [5.41, 5.74) is 2.60. The SMILES string of the molecule is O=C(CN1CCN(C(=O)c2ccccc2OCc2ccc(Cl)cc2)CC1)NCc1ccccc1. The zero-order chi connectivity index (χ0) is 23.8. The molecule has 0 aromatic heterocycles. The van der Waals surface area contributed by atoms with Crippen molar-refractivity contribution in [1.82, 2.24) is 15.1 Å². The third-order valence-corrected chi connectivity index (χ3v) is 6.04. The molecule has 1 N–H and O–H groups in total. The van der Waals surface area contributed by atoms with Crippen LogP contribution >= 0.6 is 11.6 Å². The Morgan fingerprint density at radius 2 is 1.50 bits per heavy atom. The van der Waals surface area contributed by atoms with Crippen molar-refractivity contribution >= 4 is 23.4 Å². The minimum absolute atomic E-state index is 0.00965. The lowest BCUT2D eigenvalue weighted by molar-refractivity contribution is -0.122. The topological polar surface area (TPSA) is 61.9 Å². The Balaban J connectivity index is 1.27. The fourth-order valence-electron chi connectivity index (χ4n) is 3.85. The molecule has 3 aromatic rings. The normalized spacial score (nSPS) is 14.0. The van der Waals surface area contributed by atoms with Gasteiger partial charge in [-0.15, -0.1) is 0 Å². The Morgan fingerprint density at radius 1 is 0.824 bits per heavy atom. The van der Waals surface area contributed by atoms with Gasteiger partial charge in [-0.25, -0.2) is 0 Å². The highest BCUT2D eigenvalue weighted by molar-refractivity contribution is 6.30. The van der Waals surface area contributed by atoms with E-state index in [-0.39, 0.29) is 11.8 Å². The van der Waals surface area contributed by atoms with Crippen LogP contribution in [0.25, 0.3) is 0 Å². The van der Waals surface area contributed by atoms with E-state index in [2.05, 4.69) is 10.2 Å². The molecule has 34 heavy (non-hydrogen) atoms. The molecule has 1 heterocycles. The zero-order valence-electron chi connectivity index (χ0n) is 19.0. The van der Waals surface area contributed by atoms with Crippen molar-refractivity contribution in [1.29, 1.82) is 0 Å². The molecule has 0 radical (unpaired) electrons. The van der Waals surface area contributed by atoms with E-state index in [9.17, 15) is 9.59 Å². The largest absolute Gasteiger partial charge is 0.488 e. The number of ether oxygens (including phenoxy) is 1. The first kappa shape index (κ1) is 23.8. The highest BCUT2D eigenvalue weighted by Crippen LogP contribution is 2.22. The molecule has 1 saturated heterocycles. The summed E-state index contributed by atoms with van der Waals surface area (Å²) in [6.07, 6.45) is 0. The van der Waals surface area contributed by atoms with Gasteiger partial charge in [0.25, 0.3) is 5.91 Å². The van der Waals surface area contributed by atoms with E-state index in [0.29, 0.717) is 62.2 Å². The standard InChI is InChI=1S/C27H28ClN3O3/c28-23-12-10-22(11-13-23)20-34-25-9-5-4-8-24(25)27(33)31-16-14-30(15-17-31)19-26(32)29-18-21-6-2-1-3-7-21/h1-13H,14-20H2,(H,29,32). The van der Waals surface area contributed by atoms with Gasteiger partial charge in [-0.3, -0.25) is 14.5 Å². The van der Waals surface area contributed by atoms with Gasteiger partial charge >= 0.3 is 0 Å².